The number of aromatic nitrogens is 4. The Labute approximate surface area is 178 Å². The Hall–Kier alpha value is -3.81. The number of rotatable bonds is 5. The first-order valence-electron chi connectivity index (χ1n) is 9.73. The molecular weight excluding hydrogens is 399 g/mol. The molecule has 2 aromatic heterocycles. The van der Waals surface area contributed by atoms with Crippen LogP contribution in [0.3, 0.4) is 0 Å². The van der Waals surface area contributed by atoms with Gasteiger partial charge in [-0.25, -0.2) is 18.9 Å². The van der Waals surface area contributed by atoms with Crippen molar-refractivity contribution in [3.05, 3.63) is 82.3 Å². The molecule has 0 aliphatic heterocycles. The molecule has 0 N–H and O–H groups in total. The maximum atomic E-state index is 13.4. The Bertz CT molecular complexity index is 1260. The van der Waals surface area contributed by atoms with Gasteiger partial charge in [0.05, 0.1) is 11.4 Å². The van der Waals surface area contributed by atoms with E-state index >= 15 is 0 Å². The predicted octanol–water partition coefficient (Wildman–Crippen LogP) is 4.65. The van der Waals surface area contributed by atoms with Crippen LogP contribution in [-0.4, -0.2) is 25.9 Å². The number of hydrogen-bond acceptors (Lipinski definition) is 6. The topological polar surface area (TPSA) is 83.0 Å². The molecule has 0 saturated carbocycles. The number of hydrogen-bond donors (Lipinski definition) is 0. The lowest BCUT2D eigenvalue weighted by atomic mass is 10.1. The fourth-order valence-electron chi connectivity index (χ4n) is 3.19. The van der Waals surface area contributed by atoms with Crippen molar-refractivity contribution in [2.75, 3.05) is 0 Å². The average Bonchev–Trinajstić information content (AvgIpc) is 3.29. The van der Waals surface area contributed by atoms with Crippen LogP contribution < -0.4 is 0 Å². The minimum atomic E-state index is -0.622. The second kappa shape index (κ2) is 8.14. The molecule has 8 heteroatoms. The van der Waals surface area contributed by atoms with Gasteiger partial charge in [-0.15, -0.1) is 5.10 Å². The zero-order valence-electron chi connectivity index (χ0n) is 17.6. The number of aryl methyl sites for hydroxylation is 3. The van der Waals surface area contributed by atoms with Gasteiger partial charge in [-0.2, -0.15) is 0 Å². The third kappa shape index (κ3) is 4.09. The third-order valence-electron chi connectivity index (χ3n) is 5.01. The molecule has 0 fully saturated rings. The van der Waals surface area contributed by atoms with Crippen LogP contribution in [0.25, 0.3) is 17.1 Å². The van der Waals surface area contributed by atoms with Crippen LogP contribution in [0.1, 0.15) is 38.8 Å². The van der Waals surface area contributed by atoms with Crippen molar-refractivity contribution >= 4 is 5.97 Å². The van der Waals surface area contributed by atoms with Gasteiger partial charge in [0.1, 0.15) is 23.9 Å². The number of oxazole rings is 1. The number of esters is 1. The molecule has 0 aliphatic carbocycles. The Kier molecular flexibility index (Phi) is 5.37. The fourth-order valence-corrected chi connectivity index (χ4v) is 3.19. The van der Waals surface area contributed by atoms with E-state index in [0.29, 0.717) is 34.3 Å². The van der Waals surface area contributed by atoms with Crippen molar-refractivity contribution in [2.45, 2.75) is 34.3 Å². The maximum Gasteiger partial charge on any atom is 0.361 e. The fraction of sp³-hybridized carbons (Fsp3) is 0.217. The zero-order chi connectivity index (χ0) is 22.1. The van der Waals surface area contributed by atoms with Crippen molar-refractivity contribution < 1.29 is 18.3 Å². The maximum absolute atomic E-state index is 13.4. The van der Waals surface area contributed by atoms with Crippen LogP contribution in [0.5, 0.6) is 0 Å². The van der Waals surface area contributed by atoms with Gasteiger partial charge in [0.25, 0.3) is 0 Å². The van der Waals surface area contributed by atoms with E-state index in [4.69, 9.17) is 9.15 Å². The van der Waals surface area contributed by atoms with Gasteiger partial charge >= 0.3 is 5.97 Å². The lowest BCUT2D eigenvalue weighted by Gasteiger charge is -2.07. The number of carbonyl (C=O) groups is 1. The largest absolute Gasteiger partial charge is 0.454 e. The molecule has 2 heterocycles. The van der Waals surface area contributed by atoms with Gasteiger partial charge in [0.15, 0.2) is 5.69 Å². The van der Waals surface area contributed by atoms with Gasteiger partial charge in [-0.3, -0.25) is 0 Å². The highest BCUT2D eigenvalue weighted by molar-refractivity contribution is 5.88. The van der Waals surface area contributed by atoms with Gasteiger partial charge in [-0.1, -0.05) is 22.9 Å². The second-order valence-electron chi connectivity index (χ2n) is 7.33. The van der Waals surface area contributed by atoms with Crippen LogP contribution >= 0.6 is 0 Å². The van der Waals surface area contributed by atoms with Gasteiger partial charge < -0.3 is 9.15 Å². The predicted molar refractivity (Wildman–Crippen MR) is 111 cm³/mol. The molecule has 7 nitrogen and oxygen atoms in total. The van der Waals surface area contributed by atoms with Gasteiger partial charge in [0, 0.05) is 5.56 Å². The van der Waals surface area contributed by atoms with E-state index in [1.54, 1.807) is 26.8 Å². The van der Waals surface area contributed by atoms with Crippen molar-refractivity contribution in [2.24, 2.45) is 0 Å². The molecule has 0 unspecified atom stereocenters. The SMILES string of the molecule is Cc1ccc(-c2nc(COC(=O)c3nnn(-c4ccc(F)cc4C)c3C)c(C)o2)cc1. The first kappa shape index (κ1) is 20.5. The van der Waals surface area contributed by atoms with Gasteiger partial charge in [0.2, 0.25) is 5.89 Å². The van der Waals surface area contributed by atoms with Crippen LogP contribution in [-0.2, 0) is 11.3 Å². The smallest absolute Gasteiger partial charge is 0.361 e. The summed E-state index contributed by atoms with van der Waals surface area (Å²) in [6.07, 6.45) is 0. The van der Waals surface area contributed by atoms with Crippen molar-refractivity contribution in [1.29, 1.82) is 0 Å². The summed E-state index contributed by atoms with van der Waals surface area (Å²) in [4.78, 5) is 17.0. The normalized spacial score (nSPS) is 11.0. The van der Waals surface area contributed by atoms with Crippen molar-refractivity contribution in [3.8, 4) is 17.1 Å². The highest BCUT2D eigenvalue weighted by Crippen LogP contribution is 2.23. The first-order valence-corrected chi connectivity index (χ1v) is 9.73. The van der Waals surface area contributed by atoms with E-state index in [1.807, 2.05) is 31.2 Å². The number of halogens is 1. The monoisotopic (exact) mass is 420 g/mol. The summed E-state index contributed by atoms with van der Waals surface area (Å²) < 4.78 is 26.0. The molecule has 0 atom stereocenters. The summed E-state index contributed by atoms with van der Waals surface area (Å²) >= 11 is 0. The first-order chi connectivity index (χ1) is 14.8. The summed E-state index contributed by atoms with van der Waals surface area (Å²) in [7, 11) is 0. The molecule has 0 radical (unpaired) electrons. The molecule has 158 valence electrons. The summed E-state index contributed by atoms with van der Waals surface area (Å²) in [5.74, 6) is 0.0811. The quantitative estimate of drug-likeness (QED) is 0.437. The van der Waals surface area contributed by atoms with E-state index in [2.05, 4.69) is 15.3 Å². The van der Waals surface area contributed by atoms with Crippen LogP contribution in [0.15, 0.2) is 46.9 Å². The molecule has 4 aromatic rings. The minimum Gasteiger partial charge on any atom is -0.454 e. The van der Waals surface area contributed by atoms with E-state index in [0.717, 1.165) is 11.1 Å². The zero-order valence-corrected chi connectivity index (χ0v) is 17.6. The van der Waals surface area contributed by atoms with E-state index < -0.39 is 5.97 Å². The van der Waals surface area contributed by atoms with Crippen molar-refractivity contribution in [3.63, 3.8) is 0 Å². The molecule has 0 amide bonds. The Morgan fingerprint density at radius 2 is 1.84 bits per heavy atom. The number of nitrogens with zero attached hydrogens (tertiary/aromatic N) is 4. The summed E-state index contributed by atoms with van der Waals surface area (Å²) in [6.45, 7) is 7.19. The Morgan fingerprint density at radius 3 is 2.55 bits per heavy atom. The molecule has 0 saturated heterocycles. The van der Waals surface area contributed by atoms with Gasteiger partial charge in [-0.05, 0) is 63.6 Å². The summed E-state index contributed by atoms with van der Waals surface area (Å²) in [5, 5.41) is 7.98. The molecule has 4 rings (SSSR count). The summed E-state index contributed by atoms with van der Waals surface area (Å²) in [6, 6.07) is 12.1. The third-order valence-corrected chi connectivity index (χ3v) is 5.01. The molecule has 0 bridgehead atoms. The number of ether oxygens (including phenoxy) is 1. The van der Waals surface area contributed by atoms with E-state index in [-0.39, 0.29) is 18.1 Å². The van der Waals surface area contributed by atoms with Crippen molar-refractivity contribution in [1.82, 2.24) is 20.0 Å². The van der Waals surface area contributed by atoms with Crippen LogP contribution in [0.2, 0.25) is 0 Å². The molecule has 2 aromatic carbocycles. The molecule has 0 aliphatic rings. The molecule has 31 heavy (non-hydrogen) atoms. The Morgan fingerprint density at radius 1 is 1.10 bits per heavy atom. The number of benzene rings is 2. The van der Waals surface area contributed by atoms with Crippen LogP contribution in [0, 0.1) is 33.5 Å². The highest BCUT2D eigenvalue weighted by Gasteiger charge is 2.21. The second-order valence-corrected chi connectivity index (χ2v) is 7.33. The molecule has 0 spiro atoms. The highest BCUT2D eigenvalue weighted by atomic mass is 19.1. The average molecular weight is 420 g/mol. The Balaban J connectivity index is 1.50. The van der Waals surface area contributed by atoms with Crippen LogP contribution in [0.4, 0.5) is 4.39 Å². The minimum absolute atomic E-state index is 0.0537. The molecular formula is C23H21FN4O3. The summed E-state index contributed by atoms with van der Waals surface area (Å²) in [5.41, 5.74) is 4.42. The van der Waals surface area contributed by atoms with E-state index in [9.17, 15) is 9.18 Å². The standard InChI is InChI=1S/C23H21FN4O3/c1-13-5-7-17(8-6-13)22-25-19(16(4)31-22)12-30-23(29)21-15(3)28(27-26-21)20-10-9-18(24)11-14(20)2/h5-11H,12H2,1-4H3. The lowest BCUT2D eigenvalue weighted by Crippen LogP contribution is -2.09. The number of carbonyl (C=O) groups excluding carboxylic acids is 1. The van der Waals surface area contributed by atoms with E-state index in [1.165, 1.54) is 16.8 Å². The lowest BCUT2D eigenvalue weighted by molar-refractivity contribution is 0.0459.